The van der Waals surface area contributed by atoms with E-state index in [1.54, 1.807) is 7.05 Å². The van der Waals surface area contributed by atoms with Crippen molar-refractivity contribution in [2.45, 2.75) is 33.2 Å². The minimum atomic E-state index is -0.263. The molecule has 0 aliphatic carbocycles. The number of hydrogen-bond acceptors (Lipinski definition) is 4. The molecule has 22 heavy (non-hydrogen) atoms. The van der Waals surface area contributed by atoms with Crippen LogP contribution in [0.15, 0.2) is 4.99 Å². The van der Waals surface area contributed by atoms with E-state index in [2.05, 4.69) is 15.6 Å². The van der Waals surface area contributed by atoms with Gasteiger partial charge in [-0.25, -0.2) is 0 Å². The molecule has 1 rings (SSSR count). The van der Waals surface area contributed by atoms with Crippen molar-refractivity contribution < 1.29 is 14.3 Å². The Morgan fingerprint density at radius 2 is 1.95 bits per heavy atom. The first-order chi connectivity index (χ1) is 10.2. The Labute approximate surface area is 132 Å². The van der Waals surface area contributed by atoms with Crippen molar-refractivity contribution in [1.29, 1.82) is 0 Å². The number of nitrogens with one attached hydrogen (secondary N) is 2. The van der Waals surface area contributed by atoms with Crippen molar-refractivity contribution in [2.75, 3.05) is 33.8 Å². The fourth-order valence-corrected chi connectivity index (χ4v) is 2.55. The minimum Gasteiger partial charge on any atom is -0.469 e. The van der Waals surface area contributed by atoms with Crippen molar-refractivity contribution >= 4 is 17.8 Å². The van der Waals surface area contributed by atoms with Gasteiger partial charge in [0.25, 0.3) is 0 Å². The van der Waals surface area contributed by atoms with Gasteiger partial charge < -0.3 is 20.3 Å². The van der Waals surface area contributed by atoms with Gasteiger partial charge in [0.1, 0.15) is 0 Å². The minimum absolute atomic E-state index is 0.0922. The molecular formula is C15H28N4O3. The van der Waals surface area contributed by atoms with E-state index < -0.39 is 0 Å². The zero-order chi connectivity index (χ0) is 16.9. The topological polar surface area (TPSA) is 83.0 Å². The molecule has 1 aliphatic rings. The van der Waals surface area contributed by atoms with Crippen LogP contribution >= 0.6 is 0 Å². The predicted octanol–water partition coefficient (Wildman–Crippen LogP) is 0.217. The molecule has 0 bridgehead atoms. The largest absolute Gasteiger partial charge is 0.469 e. The molecule has 2 atom stereocenters. The highest BCUT2D eigenvalue weighted by molar-refractivity contribution is 5.87. The first kappa shape index (κ1) is 18.3. The summed E-state index contributed by atoms with van der Waals surface area (Å²) in [6, 6.07) is 0. The first-order valence-electron chi connectivity index (χ1n) is 7.52. The summed E-state index contributed by atoms with van der Waals surface area (Å²) in [7, 11) is 3.07. The Balaban J connectivity index is 2.56. The number of hydrogen-bond donors (Lipinski definition) is 2. The van der Waals surface area contributed by atoms with Gasteiger partial charge >= 0.3 is 5.97 Å². The maximum Gasteiger partial charge on any atom is 0.310 e. The third-order valence-electron chi connectivity index (χ3n) is 3.55. The molecule has 0 radical (unpaired) electrons. The molecule has 1 fully saturated rings. The van der Waals surface area contributed by atoms with E-state index in [-0.39, 0.29) is 35.8 Å². The van der Waals surface area contributed by atoms with Crippen LogP contribution in [0.25, 0.3) is 0 Å². The van der Waals surface area contributed by atoms with Gasteiger partial charge in [-0.05, 0) is 26.7 Å². The number of amides is 1. The summed E-state index contributed by atoms with van der Waals surface area (Å²) in [5, 5.41) is 5.93. The van der Waals surface area contributed by atoms with E-state index in [0.29, 0.717) is 19.0 Å². The van der Waals surface area contributed by atoms with Crippen molar-refractivity contribution in [3.63, 3.8) is 0 Å². The zero-order valence-corrected chi connectivity index (χ0v) is 14.4. The molecule has 2 unspecified atom stereocenters. The molecular weight excluding hydrogens is 284 g/mol. The highest BCUT2D eigenvalue weighted by Gasteiger charge is 2.36. The number of aliphatic imine (C=N–C) groups is 1. The molecule has 1 amide bonds. The van der Waals surface area contributed by atoms with Crippen molar-refractivity contribution in [1.82, 2.24) is 15.5 Å². The summed E-state index contributed by atoms with van der Waals surface area (Å²) < 4.78 is 4.83. The van der Waals surface area contributed by atoms with Crippen LogP contribution in [-0.4, -0.2) is 62.1 Å². The number of guanidine groups is 1. The molecule has 1 aliphatic heterocycles. The van der Waals surface area contributed by atoms with Crippen molar-refractivity contribution in [3.05, 3.63) is 0 Å². The number of carbonyl (C=O) groups is 2. The summed E-state index contributed by atoms with van der Waals surface area (Å²) in [6.07, 6.45) is 0. The van der Waals surface area contributed by atoms with Crippen LogP contribution in [-0.2, 0) is 14.3 Å². The highest BCUT2D eigenvalue weighted by Crippen LogP contribution is 2.23. The quantitative estimate of drug-likeness (QED) is 0.442. The van der Waals surface area contributed by atoms with Crippen LogP contribution in [0, 0.1) is 11.8 Å². The van der Waals surface area contributed by atoms with Gasteiger partial charge in [0, 0.05) is 25.7 Å². The molecule has 1 heterocycles. The van der Waals surface area contributed by atoms with E-state index in [0.717, 1.165) is 0 Å². The molecule has 2 N–H and O–H groups in total. The molecule has 7 heteroatoms. The third kappa shape index (κ3) is 5.20. The van der Waals surface area contributed by atoms with Crippen LogP contribution in [0.3, 0.4) is 0 Å². The predicted molar refractivity (Wildman–Crippen MR) is 85.5 cm³/mol. The van der Waals surface area contributed by atoms with Crippen molar-refractivity contribution in [3.8, 4) is 0 Å². The second-order valence-corrected chi connectivity index (χ2v) is 6.71. The maximum atomic E-state index is 11.9. The van der Waals surface area contributed by atoms with Crippen LogP contribution in [0.5, 0.6) is 0 Å². The second kappa shape index (κ2) is 7.47. The summed E-state index contributed by atoms with van der Waals surface area (Å²) in [4.78, 5) is 29.8. The number of esters is 1. The van der Waals surface area contributed by atoms with Crippen LogP contribution in [0.2, 0.25) is 0 Å². The molecule has 0 aromatic carbocycles. The van der Waals surface area contributed by atoms with Gasteiger partial charge in [-0.3, -0.25) is 14.6 Å². The SMILES string of the molecule is CN=C(NCC(=O)NC(C)(C)C)N1CC(C)C(C(=O)OC)C1. The average Bonchev–Trinajstić information content (AvgIpc) is 2.78. The summed E-state index contributed by atoms with van der Waals surface area (Å²) in [5.74, 6) is 0.366. The van der Waals surface area contributed by atoms with Crippen molar-refractivity contribution in [2.24, 2.45) is 16.8 Å². The van der Waals surface area contributed by atoms with Gasteiger partial charge in [-0.15, -0.1) is 0 Å². The van der Waals surface area contributed by atoms with Gasteiger partial charge in [-0.1, -0.05) is 6.92 Å². The lowest BCUT2D eigenvalue weighted by Gasteiger charge is -2.23. The van der Waals surface area contributed by atoms with E-state index in [1.807, 2.05) is 32.6 Å². The number of methoxy groups -OCH3 is 1. The fourth-order valence-electron chi connectivity index (χ4n) is 2.55. The molecule has 0 aromatic heterocycles. The molecule has 0 aromatic rings. The number of nitrogens with zero attached hydrogens (tertiary/aromatic N) is 2. The Morgan fingerprint density at radius 1 is 1.32 bits per heavy atom. The molecule has 0 saturated carbocycles. The summed E-state index contributed by atoms with van der Waals surface area (Å²) in [6.45, 7) is 9.22. The smallest absolute Gasteiger partial charge is 0.310 e. The molecule has 7 nitrogen and oxygen atoms in total. The Bertz CT molecular complexity index is 443. The number of rotatable bonds is 3. The first-order valence-corrected chi connectivity index (χ1v) is 7.52. The number of ether oxygens (including phenoxy) is 1. The normalized spacial score (nSPS) is 22.5. The average molecular weight is 312 g/mol. The second-order valence-electron chi connectivity index (χ2n) is 6.71. The lowest BCUT2D eigenvalue weighted by Crippen LogP contribution is -2.48. The van der Waals surface area contributed by atoms with E-state index >= 15 is 0 Å². The van der Waals surface area contributed by atoms with Gasteiger partial charge in [0.2, 0.25) is 5.91 Å². The highest BCUT2D eigenvalue weighted by atomic mass is 16.5. The summed E-state index contributed by atoms with van der Waals surface area (Å²) >= 11 is 0. The number of likely N-dealkylation sites (tertiary alicyclic amines) is 1. The van der Waals surface area contributed by atoms with Crippen LogP contribution < -0.4 is 10.6 Å². The molecule has 126 valence electrons. The Kier molecular flexibility index (Phi) is 6.20. The van der Waals surface area contributed by atoms with Gasteiger partial charge in [0.15, 0.2) is 5.96 Å². The Morgan fingerprint density at radius 3 is 2.45 bits per heavy atom. The zero-order valence-electron chi connectivity index (χ0n) is 14.4. The van der Waals surface area contributed by atoms with Crippen LogP contribution in [0.1, 0.15) is 27.7 Å². The van der Waals surface area contributed by atoms with E-state index in [4.69, 9.17) is 4.74 Å². The summed E-state index contributed by atoms with van der Waals surface area (Å²) in [5.41, 5.74) is -0.263. The lowest BCUT2D eigenvalue weighted by atomic mass is 9.99. The lowest BCUT2D eigenvalue weighted by molar-refractivity contribution is -0.146. The monoisotopic (exact) mass is 312 g/mol. The number of carbonyl (C=O) groups excluding carboxylic acids is 2. The fraction of sp³-hybridized carbons (Fsp3) is 0.800. The van der Waals surface area contributed by atoms with Crippen LogP contribution in [0.4, 0.5) is 0 Å². The van der Waals surface area contributed by atoms with Gasteiger partial charge in [0.05, 0.1) is 19.6 Å². The Hall–Kier alpha value is -1.79. The van der Waals surface area contributed by atoms with E-state index in [9.17, 15) is 9.59 Å². The van der Waals surface area contributed by atoms with Gasteiger partial charge in [-0.2, -0.15) is 0 Å². The standard InChI is InChI=1S/C15H28N4O3/c1-10-8-19(9-11(10)13(21)22-6)14(16-5)17-7-12(20)18-15(2,3)4/h10-11H,7-9H2,1-6H3,(H,16,17)(H,18,20). The molecule has 1 saturated heterocycles. The third-order valence-corrected chi connectivity index (χ3v) is 3.55. The maximum absolute atomic E-state index is 11.9. The van der Waals surface area contributed by atoms with E-state index in [1.165, 1.54) is 7.11 Å². The molecule has 0 spiro atoms.